The van der Waals surface area contributed by atoms with Crippen molar-refractivity contribution in [1.29, 1.82) is 0 Å². The molecular weight excluding hydrogens is 348 g/mol. The van der Waals surface area contributed by atoms with Crippen molar-refractivity contribution in [1.82, 2.24) is 9.97 Å². The summed E-state index contributed by atoms with van der Waals surface area (Å²) in [6.45, 7) is 6.31. The fourth-order valence-electron chi connectivity index (χ4n) is 1.93. The number of aromatic amines is 1. The van der Waals surface area contributed by atoms with Crippen LogP contribution in [0.4, 0.5) is 0 Å². The van der Waals surface area contributed by atoms with Gasteiger partial charge in [0.25, 0.3) is 5.56 Å². The molecule has 5 heteroatoms. The number of benzene rings is 1. The Balaban J connectivity index is 2.14. The molecule has 3 nitrogen and oxygen atoms in total. The molecule has 112 valence electrons. The summed E-state index contributed by atoms with van der Waals surface area (Å²) in [4.78, 5) is 20.5. The third-order valence-corrected chi connectivity index (χ3v) is 4.82. The van der Waals surface area contributed by atoms with E-state index in [-0.39, 0.29) is 5.56 Å². The van der Waals surface area contributed by atoms with Crippen LogP contribution in [0.1, 0.15) is 30.9 Å². The second-order valence-electron chi connectivity index (χ2n) is 5.47. The van der Waals surface area contributed by atoms with Gasteiger partial charge in [0.05, 0.1) is 11.4 Å². The van der Waals surface area contributed by atoms with Gasteiger partial charge in [0.1, 0.15) is 10.3 Å². The first kappa shape index (κ1) is 16.3. The van der Waals surface area contributed by atoms with Crippen molar-refractivity contribution < 1.29 is 0 Å². The van der Waals surface area contributed by atoms with Gasteiger partial charge in [0.2, 0.25) is 0 Å². The monoisotopic (exact) mass is 366 g/mol. The molecular formula is C16H19BrN2OS. The van der Waals surface area contributed by atoms with Crippen LogP contribution < -0.4 is 5.56 Å². The maximum absolute atomic E-state index is 11.9. The van der Waals surface area contributed by atoms with Crippen LogP contribution in [0.25, 0.3) is 0 Å². The zero-order valence-electron chi connectivity index (χ0n) is 12.4. The minimum atomic E-state index is -0.0971. The highest BCUT2D eigenvalue weighted by atomic mass is 79.9. The highest BCUT2D eigenvalue weighted by Crippen LogP contribution is 2.22. The summed E-state index contributed by atoms with van der Waals surface area (Å²) in [7, 11) is 0. The smallest absolute Gasteiger partial charge is 0.265 e. The van der Waals surface area contributed by atoms with Gasteiger partial charge in [-0.05, 0) is 47.3 Å². The number of hydrogen-bond donors (Lipinski definition) is 1. The van der Waals surface area contributed by atoms with Gasteiger partial charge < -0.3 is 4.98 Å². The molecule has 2 rings (SSSR count). The molecule has 1 aromatic carbocycles. The van der Waals surface area contributed by atoms with Crippen LogP contribution in [-0.2, 0) is 12.2 Å². The Kier molecular flexibility index (Phi) is 5.65. The highest BCUT2D eigenvalue weighted by Gasteiger charge is 2.10. The Hall–Kier alpha value is -1.07. The summed E-state index contributed by atoms with van der Waals surface area (Å²) in [6.07, 6.45) is 0.798. The lowest BCUT2D eigenvalue weighted by molar-refractivity contribution is 0.628. The van der Waals surface area contributed by atoms with E-state index in [0.29, 0.717) is 16.1 Å². The van der Waals surface area contributed by atoms with Crippen molar-refractivity contribution in [3.8, 4) is 0 Å². The summed E-state index contributed by atoms with van der Waals surface area (Å²) in [5.41, 5.74) is 1.99. The van der Waals surface area contributed by atoms with Crippen molar-refractivity contribution in [3.05, 3.63) is 56.2 Å². The lowest BCUT2D eigenvalue weighted by Crippen LogP contribution is -2.16. The zero-order chi connectivity index (χ0) is 15.4. The predicted octanol–water partition coefficient (Wildman–Crippen LogP) is 4.33. The lowest BCUT2D eigenvalue weighted by Gasteiger charge is -2.08. The van der Waals surface area contributed by atoms with E-state index >= 15 is 0 Å². The summed E-state index contributed by atoms with van der Waals surface area (Å²) in [5, 5.41) is 0. The van der Waals surface area contributed by atoms with Crippen molar-refractivity contribution in [2.75, 3.05) is 0 Å². The molecule has 1 aromatic heterocycles. The molecule has 0 spiro atoms. The largest absolute Gasteiger partial charge is 0.309 e. The van der Waals surface area contributed by atoms with Crippen LogP contribution >= 0.6 is 27.7 Å². The molecule has 0 fully saturated rings. The predicted molar refractivity (Wildman–Crippen MR) is 91.8 cm³/mol. The summed E-state index contributed by atoms with van der Waals surface area (Å²) < 4.78 is 0.556. The second-order valence-corrected chi connectivity index (χ2v) is 7.31. The molecule has 0 bridgehead atoms. The Morgan fingerprint density at radius 1 is 1.29 bits per heavy atom. The Bertz CT molecular complexity index is 665. The molecule has 0 aliphatic carbocycles. The molecule has 0 saturated heterocycles. The number of H-pyrrole nitrogens is 1. The van der Waals surface area contributed by atoms with E-state index in [1.165, 1.54) is 10.5 Å². The van der Waals surface area contributed by atoms with E-state index in [2.05, 4.69) is 70.9 Å². The fraction of sp³-hybridized carbons (Fsp3) is 0.375. The van der Waals surface area contributed by atoms with Gasteiger partial charge in [-0.3, -0.25) is 4.79 Å². The van der Waals surface area contributed by atoms with Crippen LogP contribution in [0.3, 0.4) is 0 Å². The molecule has 2 aromatic rings. The first-order valence-corrected chi connectivity index (χ1v) is 8.70. The van der Waals surface area contributed by atoms with Crippen LogP contribution in [0.2, 0.25) is 0 Å². The van der Waals surface area contributed by atoms with Crippen LogP contribution in [0.5, 0.6) is 0 Å². The minimum Gasteiger partial charge on any atom is -0.309 e. The van der Waals surface area contributed by atoms with Crippen LogP contribution in [0.15, 0.2) is 38.4 Å². The zero-order valence-corrected chi connectivity index (χ0v) is 14.8. The molecule has 0 aliphatic rings. The van der Waals surface area contributed by atoms with Gasteiger partial charge in [0, 0.05) is 4.90 Å². The molecule has 0 amide bonds. The molecule has 0 saturated carbocycles. The van der Waals surface area contributed by atoms with Crippen molar-refractivity contribution in [2.45, 2.75) is 37.8 Å². The van der Waals surface area contributed by atoms with Gasteiger partial charge in [-0.2, -0.15) is 0 Å². The van der Waals surface area contributed by atoms with E-state index in [0.717, 1.165) is 17.9 Å². The summed E-state index contributed by atoms with van der Waals surface area (Å²) >= 11 is 5.01. The maximum atomic E-state index is 11.9. The van der Waals surface area contributed by atoms with E-state index in [1.54, 1.807) is 11.8 Å². The number of aromatic nitrogens is 2. The van der Waals surface area contributed by atoms with Crippen molar-refractivity contribution in [2.24, 2.45) is 5.92 Å². The molecule has 0 radical (unpaired) electrons. The molecule has 0 atom stereocenters. The first-order valence-electron chi connectivity index (χ1n) is 6.92. The average Bonchev–Trinajstić information content (AvgIpc) is 2.43. The summed E-state index contributed by atoms with van der Waals surface area (Å²) in [6, 6.07) is 8.35. The number of rotatable bonds is 5. The number of nitrogens with zero attached hydrogens (tertiary/aromatic N) is 1. The van der Waals surface area contributed by atoms with Crippen LogP contribution in [0, 0.1) is 12.8 Å². The quantitative estimate of drug-likeness (QED) is 0.800. The highest BCUT2D eigenvalue weighted by molar-refractivity contribution is 9.10. The van der Waals surface area contributed by atoms with Gasteiger partial charge in [-0.25, -0.2) is 4.98 Å². The molecule has 1 heterocycles. The third kappa shape index (κ3) is 4.71. The minimum absolute atomic E-state index is 0.0971. The number of hydrogen-bond acceptors (Lipinski definition) is 3. The first-order chi connectivity index (χ1) is 9.95. The number of aryl methyl sites for hydroxylation is 1. The topological polar surface area (TPSA) is 45.8 Å². The standard InChI is InChI=1S/C16H19BrN2OS/c1-10(2)8-13-15(17)16(20)19-14(18-13)9-21-12-6-4-11(3)5-7-12/h4-7,10H,8-9H2,1-3H3,(H,18,19,20). The molecule has 1 N–H and O–H groups in total. The molecule has 0 unspecified atom stereocenters. The lowest BCUT2D eigenvalue weighted by atomic mass is 10.1. The number of halogens is 1. The second kappa shape index (κ2) is 7.27. The normalized spacial score (nSPS) is 11.1. The summed E-state index contributed by atoms with van der Waals surface area (Å²) in [5.74, 6) is 1.86. The van der Waals surface area contributed by atoms with Gasteiger partial charge in [0.15, 0.2) is 0 Å². The third-order valence-electron chi connectivity index (χ3n) is 2.98. The Morgan fingerprint density at radius 2 is 1.95 bits per heavy atom. The number of nitrogens with one attached hydrogen (secondary N) is 1. The number of thioether (sulfide) groups is 1. The van der Waals surface area contributed by atoms with E-state index < -0.39 is 0 Å². The van der Waals surface area contributed by atoms with E-state index in [9.17, 15) is 4.79 Å². The van der Waals surface area contributed by atoms with Gasteiger partial charge in [-0.1, -0.05) is 31.5 Å². The SMILES string of the molecule is Cc1ccc(SCc2nc(CC(C)C)c(Br)c(=O)[nH]2)cc1. The Labute approximate surface area is 137 Å². The molecule has 21 heavy (non-hydrogen) atoms. The Morgan fingerprint density at radius 3 is 2.57 bits per heavy atom. The molecule has 0 aliphatic heterocycles. The van der Waals surface area contributed by atoms with Gasteiger partial charge in [-0.15, -0.1) is 11.8 Å². The maximum Gasteiger partial charge on any atom is 0.265 e. The fourth-order valence-corrected chi connectivity index (χ4v) is 3.05. The van der Waals surface area contributed by atoms with Gasteiger partial charge >= 0.3 is 0 Å². The van der Waals surface area contributed by atoms with Crippen molar-refractivity contribution in [3.63, 3.8) is 0 Å². The van der Waals surface area contributed by atoms with E-state index in [4.69, 9.17) is 0 Å². The average molecular weight is 367 g/mol. The van der Waals surface area contributed by atoms with Crippen LogP contribution in [-0.4, -0.2) is 9.97 Å². The van der Waals surface area contributed by atoms with Crippen molar-refractivity contribution >= 4 is 27.7 Å². The van der Waals surface area contributed by atoms with E-state index in [1.807, 2.05) is 0 Å².